The smallest absolute Gasteiger partial charge is 0.337 e. The molecule has 7 heteroatoms. The molecule has 0 fully saturated rings. The number of carboxylic acid groups (broad SMARTS) is 1. The molecular formula is C22H19ClN2O4. The first-order valence-corrected chi connectivity index (χ1v) is 9.14. The van der Waals surface area contributed by atoms with Crippen LogP contribution in [0.25, 0.3) is 5.69 Å². The topological polar surface area (TPSA) is 80.9 Å². The maximum Gasteiger partial charge on any atom is 0.337 e. The number of aryl methyl sites for hydroxylation is 1. The molecule has 0 bridgehead atoms. The highest BCUT2D eigenvalue weighted by molar-refractivity contribution is 6.33. The Balaban J connectivity index is 1.92. The summed E-state index contributed by atoms with van der Waals surface area (Å²) in [5, 5.41) is 9.51. The lowest BCUT2D eigenvalue weighted by molar-refractivity contribution is 0.0600. The second-order valence-corrected chi connectivity index (χ2v) is 6.84. The summed E-state index contributed by atoms with van der Waals surface area (Å²) in [6, 6.07) is 13.7. The number of carbonyl (C=O) groups is 2. The number of aromatic carboxylic acids is 1. The van der Waals surface area contributed by atoms with Gasteiger partial charge in [0, 0.05) is 28.9 Å². The van der Waals surface area contributed by atoms with Crippen LogP contribution in [-0.4, -0.2) is 34.9 Å². The molecule has 1 N–H and O–H groups in total. The largest absolute Gasteiger partial charge is 0.478 e. The molecule has 0 amide bonds. The number of esters is 1. The third-order valence-electron chi connectivity index (χ3n) is 4.55. The lowest BCUT2D eigenvalue weighted by Crippen LogP contribution is -2.03. The van der Waals surface area contributed by atoms with E-state index >= 15 is 0 Å². The molecule has 0 aliphatic heterocycles. The summed E-state index contributed by atoms with van der Waals surface area (Å²) in [5.74, 6) is -1.47. The number of ether oxygens (including phenoxy) is 1. The second kappa shape index (κ2) is 8.32. The fourth-order valence-electron chi connectivity index (χ4n) is 3.08. The lowest BCUT2D eigenvalue weighted by atomic mass is 10.2. The third-order valence-corrected chi connectivity index (χ3v) is 4.88. The van der Waals surface area contributed by atoms with E-state index in [0.29, 0.717) is 16.9 Å². The summed E-state index contributed by atoms with van der Waals surface area (Å²) in [6.07, 6.45) is 1.74. The number of benzene rings is 2. The molecule has 0 saturated carbocycles. The van der Waals surface area contributed by atoms with E-state index in [9.17, 15) is 14.7 Å². The zero-order valence-corrected chi connectivity index (χ0v) is 16.9. The van der Waals surface area contributed by atoms with E-state index in [-0.39, 0.29) is 10.6 Å². The molecule has 0 spiro atoms. The Morgan fingerprint density at radius 3 is 2.41 bits per heavy atom. The van der Waals surface area contributed by atoms with E-state index in [1.807, 2.05) is 24.5 Å². The van der Waals surface area contributed by atoms with Gasteiger partial charge in [0.1, 0.15) is 0 Å². The maximum absolute atomic E-state index is 11.5. The van der Waals surface area contributed by atoms with Gasteiger partial charge in [-0.05, 0) is 62.4 Å². The van der Waals surface area contributed by atoms with Crippen molar-refractivity contribution in [1.29, 1.82) is 0 Å². The second-order valence-electron chi connectivity index (χ2n) is 6.43. The van der Waals surface area contributed by atoms with Crippen molar-refractivity contribution in [3.8, 4) is 5.69 Å². The van der Waals surface area contributed by atoms with Crippen LogP contribution < -0.4 is 0 Å². The van der Waals surface area contributed by atoms with Crippen molar-refractivity contribution in [2.24, 2.45) is 4.99 Å². The number of aromatic nitrogens is 1. The van der Waals surface area contributed by atoms with E-state index in [2.05, 4.69) is 9.73 Å². The third kappa shape index (κ3) is 4.22. The van der Waals surface area contributed by atoms with Crippen molar-refractivity contribution in [3.63, 3.8) is 0 Å². The summed E-state index contributed by atoms with van der Waals surface area (Å²) in [4.78, 5) is 27.3. The SMILES string of the molecule is COC(=O)c1ccc(N=Cc2cc(C)n(-c3ccc(Cl)c(C(=O)O)c3)c2C)cc1. The Bertz CT molecular complexity index is 1110. The fourth-order valence-corrected chi connectivity index (χ4v) is 3.28. The average molecular weight is 411 g/mol. The number of methoxy groups -OCH3 is 1. The molecule has 1 aromatic heterocycles. The van der Waals surface area contributed by atoms with Gasteiger partial charge in [0.2, 0.25) is 0 Å². The van der Waals surface area contributed by atoms with E-state index < -0.39 is 11.9 Å². The molecule has 0 aliphatic carbocycles. The number of hydrogen-bond acceptors (Lipinski definition) is 4. The number of carbonyl (C=O) groups excluding carboxylic acids is 1. The highest BCUT2D eigenvalue weighted by Gasteiger charge is 2.14. The number of hydrogen-bond donors (Lipinski definition) is 1. The van der Waals surface area contributed by atoms with Gasteiger partial charge < -0.3 is 14.4 Å². The maximum atomic E-state index is 11.5. The van der Waals surface area contributed by atoms with Crippen LogP contribution in [0.1, 0.15) is 37.7 Å². The average Bonchev–Trinajstić information content (AvgIpc) is 2.99. The summed E-state index contributed by atoms with van der Waals surface area (Å²) in [7, 11) is 1.34. The molecule has 0 saturated heterocycles. The van der Waals surface area contributed by atoms with E-state index in [1.165, 1.54) is 7.11 Å². The Kier molecular flexibility index (Phi) is 5.84. The van der Waals surface area contributed by atoms with Crippen molar-refractivity contribution in [3.05, 3.63) is 81.6 Å². The van der Waals surface area contributed by atoms with Crippen LogP contribution in [0.15, 0.2) is 53.5 Å². The molecule has 3 rings (SSSR count). The van der Waals surface area contributed by atoms with Gasteiger partial charge in [-0.1, -0.05) is 11.6 Å². The highest BCUT2D eigenvalue weighted by Crippen LogP contribution is 2.25. The number of rotatable bonds is 5. The zero-order chi connectivity index (χ0) is 21.1. The number of aliphatic imine (C=N–C) groups is 1. The molecule has 0 unspecified atom stereocenters. The Morgan fingerprint density at radius 1 is 1.10 bits per heavy atom. The van der Waals surface area contributed by atoms with E-state index in [0.717, 1.165) is 17.0 Å². The molecule has 3 aromatic rings. The molecule has 2 aromatic carbocycles. The van der Waals surface area contributed by atoms with Gasteiger partial charge in [0.15, 0.2) is 0 Å². The van der Waals surface area contributed by atoms with Crippen LogP contribution in [0.2, 0.25) is 5.02 Å². The van der Waals surface area contributed by atoms with Crippen molar-refractivity contribution >= 4 is 35.4 Å². The van der Waals surface area contributed by atoms with Gasteiger partial charge in [-0.15, -0.1) is 0 Å². The molecule has 1 heterocycles. The number of nitrogens with zero attached hydrogens (tertiary/aromatic N) is 2. The first kappa shape index (κ1) is 20.4. The minimum Gasteiger partial charge on any atom is -0.478 e. The molecule has 6 nitrogen and oxygen atoms in total. The molecular weight excluding hydrogens is 392 g/mol. The molecule has 0 atom stereocenters. The van der Waals surface area contributed by atoms with Gasteiger partial charge >= 0.3 is 11.9 Å². The Labute approximate surface area is 173 Å². The van der Waals surface area contributed by atoms with Crippen LogP contribution in [0.5, 0.6) is 0 Å². The highest BCUT2D eigenvalue weighted by atomic mass is 35.5. The van der Waals surface area contributed by atoms with Crippen LogP contribution in [0.3, 0.4) is 0 Å². The summed E-state index contributed by atoms with van der Waals surface area (Å²) in [5.41, 5.74) is 4.66. The van der Waals surface area contributed by atoms with Gasteiger partial charge in [0.05, 0.1) is 28.9 Å². The minimum atomic E-state index is -1.07. The monoisotopic (exact) mass is 410 g/mol. The van der Waals surface area contributed by atoms with Gasteiger partial charge in [-0.3, -0.25) is 4.99 Å². The number of halogens is 1. The van der Waals surface area contributed by atoms with Crippen molar-refractivity contribution in [2.75, 3.05) is 7.11 Å². The van der Waals surface area contributed by atoms with Crippen molar-refractivity contribution in [1.82, 2.24) is 4.57 Å². The lowest BCUT2D eigenvalue weighted by Gasteiger charge is -2.11. The summed E-state index contributed by atoms with van der Waals surface area (Å²) >= 11 is 5.98. The molecule has 0 aliphatic rings. The fraction of sp³-hybridized carbons (Fsp3) is 0.136. The molecule has 148 valence electrons. The minimum absolute atomic E-state index is 0.0533. The van der Waals surface area contributed by atoms with Crippen molar-refractivity contribution < 1.29 is 19.4 Å². The van der Waals surface area contributed by atoms with Crippen molar-refractivity contribution in [2.45, 2.75) is 13.8 Å². The van der Waals surface area contributed by atoms with E-state index in [4.69, 9.17) is 11.6 Å². The van der Waals surface area contributed by atoms with Crippen LogP contribution in [-0.2, 0) is 4.74 Å². The van der Waals surface area contributed by atoms with E-state index in [1.54, 1.807) is 48.7 Å². The van der Waals surface area contributed by atoms with Crippen LogP contribution in [0, 0.1) is 13.8 Å². The molecule has 0 radical (unpaired) electrons. The predicted molar refractivity (Wildman–Crippen MR) is 112 cm³/mol. The molecule has 29 heavy (non-hydrogen) atoms. The standard InChI is InChI=1S/C22H19ClN2O4/c1-13-10-16(12-24-17-6-4-15(5-7-17)22(28)29-3)14(2)25(13)18-8-9-20(23)19(11-18)21(26)27/h4-12H,1-3H3,(H,26,27). The normalized spacial score (nSPS) is 11.0. The van der Waals surface area contributed by atoms with Crippen LogP contribution in [0.4, 0.5) is 5.69 Å². The Hall–Kier alpha value is -3.38. The Morgan fingerprint density at radius 2 is 1.79 bits per heavy atom. The number of carboxylic acids is 1. The van der Waals surface area contributed by atoms with Gasteiger partial charge in [0.25, 0.3) is 0 Å². The van der Waals surface area contributed by atoms with Gasteiger partial charge in [-0.2, -0.15) is 0 Å². The summed E-state index contributed by atoms with van der Waals surface area (Å²) < 4.78 is 6.63. The first-order valence-electron chi connectivity index (χ1n) is 8.76. The zero-order valence-electron chi connectivity index (χ0n) is 16.1. The predicted octanol–water partition coefficient (Wildman–Crippen LogP) is 4.98. The van der Waals surface area contributed by atoms with Crippen LogP contribution >= 0.6 is 11.6 Å². The summed E-state index contributed by atoms with van der Waals surface area (Å²) in [6.45, 7) is 3.87. The van der Waals surface area contributed by atoms with Gasteiger partial charge in [-0.25, -0.2) is 9.59 Å². The quantitative estimate of drug-likeness (QED) is 0.475. The first-order chi connectivity index (χ1) is 13.8.